The van der Waals surface area contributed by atoms with Crippen molar-refractivity contribution in [1.29, 1.82) is 5.41 Å². The number of rotatable bonds is 5. The van der Waals surface area contributed by atoms with Gasteiger partial charge in [0.1, 0.15) is 5.82 Å². The highest BCUT2D eigenvalue weighted by Gasteiger charge is 2.23. The molecule has 98 valence electrons. The zero-order valence-electron chi connectivity index (χ0n) is 10.1. The van der Waals surface area contributed by atoms with Crippen molar-refractivity contribution in [2.24, 2.45) is 11.8 Å². The van der Waals surface area contributed by atoms with Crippen LogP contribution in [0.4, 0.5) is 13.2 Å². The molecular formula is C13H14F3NO. The quantitative estimate of drug-likeness (QED) is 0.639. The highest BCUT2D eigenvalue weighted by atomic mass is 19.2. The molecule has 0 aliphatic heterocycles. The highest BCUT2D eigenvalue weighted by molar-refractivity contribution is 6.27. The number of nitrogens with one attached hydrogen (secondary N) is 1. The molecule has 5 heteroatoms. The number of hydrogen-bond donors (Lipinski definition) is 1. The van der Waals surface area contributed by atoms with Crippen LogP contribution in [0.2, 0.25) is 0 Å². The Kier molecular flexibility index (Phi) is 4.64. The minimum absolute atomic E-state index is 0.0467. The Morgan fingerprint density at radius 1 is 1.22 bits per heavy atom. The summed E-state index contributed by atoms with van der Waals surface area (Å²) in [6.07, 6.45) is 0.622. The monoisotopic (exact) mass is 257 g/mol. The van der Waals surface area contributed by atoms with Crippen LogP contribution in [0.3, 0.4) is 0 Å². The Morgan fingerprint density at radius 3 is 2.28 bits per heavy atom. The average molecular weight is 257 g/mol. The van der Waals surface area contributed by atoms with Gasteiger partial charge in [-0.1, -0.05) is 13.8 Å². The van der Waals surface area contributed by atoms with Gasteiger partial charge in [-0.25, -0.2) is 13.2 Å². The predicted molar refractivity (Wildman–Crippen MR) is 62.1 cm³/mol. The van der Waals surface area contributed by atoms with E-state index in [-0.39, 0.29) is 17.9 Å². The lowest BCUT2D eigenvalue weighted by Crippen LogP contribution is -2.24. The maximum absolute atomic E-state index is 13.4. The Hall–Kier alpha value is -1.65. The van der Waals surface area contributed by atoms with Crippen molar-refractivity contribution in [1.82, 2.24) is 0 Å². The van der Waals surface area contributed by atoms with Gasteiger partial charge in [-0.05, 0) is 24.0 Å². The van der Waals surface area contributed by atoms with Gasteiger partial charge < -0.3 is 5.41 Å². The summed E-state index contributed by atoms with van der Waals surface area (Å²) in [5, 5.41) is 6.93. The van der Waals surface area contributed by atoms with Gasteiger partial charge in [-0.3, -0.25) is 4.79 Å². The number of carbonyl (C=O) groups is 1. The first-order valence-corrected chi connectivity index (χ1v) is 5.54. The summed E-state index contributed by atoms with van der Waals surface area (Å²) >= 11 is 0. The first-order valence-electron chi connectivity index (χ1n) is 5.54. The summed E-state index contributed by atoms with van der Waals surface area (Å²) in [4.78, 5) is 11.5. The summed E-state index contributed by atoms with van der Waals surface area (Å²) in [5.74, 6) is -4.45. The van der Waals surface area contributed by atoms with Gasteiger partial charge in [0.15, 0.2) is 17.4 Å². The smallest absolute Gasteiger partial charge is 0.176 e. The molecule has 1 rings (SSSR count). The molecule has 1 aromatic rings. The fraction of sp³-hybridized carbons (Fsp3) is 0.385. The van der Waals surface area contributed by atoms with Gasteiger partial charge in [0, 0.05) is 12.0 Å². The molecule has 0 fully saturated rings. The molecule has 0 amide bonds. The first-order chi connectivity index (χ1) is 8.36. The molecule has 0 aromatic heterocycles. The number of ketones is 1. The summed E-state index contributed by atoms with van der Waals surface area (Å²) in [5.41, 5.74) is -0.0530. The van der Waals surface area contributed by atoms with E-state index in [0.29, 0.717) is 12.3 Å². The van der Waals surface area contributed by atoms with Crippen LogP contribution in [0.15, 0.2) is 12.1 Å². The van der Waals surface area contributed by atoms with E-state index < -0.39 is 29.2 Å². The minimum Gasteiger partial charge on any atom is -0.305 e. The standard InChI is InChI=1S/C13H14F3NO/c1-7(2)9(13(18)6-17)3-8-4-11(15)12(16)5-10(8)14/h4-7,9,17H,3H2,1-2H3. The fourth-order valence-electron chi connectivity index (χ4n) is 1.73. The molecule has 0 saturated heterocycles. The fourth-order valence-corrected chi connectivity index (χ4v) is 1.73. The molecule has 0 aliphatic rings. The predicted octanol–water partition coefficient (Wildman–Crippen LogP) is 3.14. The minimum atomic E-state index is -1.25. The van der Waals surface area contributed by atoms with Crippen molar-refractivity contribution in [2.75, 3.05) is 0 Å². The van der Waals surface area contributed by atoms with Gasteiger partial charge in [0.2, 0.25) is 0 Å². The van der Waals surface area contributed by atoms with Crippen molar-refractivity contribution in [3.05, 3.63) is 35.1 Å². The SMILES string of the molecule is CC(C)C(Cc1cc(F)c(F)cc1F)C(=O)C=N. The molecule has 0 saturated carbocycles. The molecular weight excluding hydrogens is 243 g/mol. The maximum Gasteiger partial charge on any atom is 0.176 e. The topological polar surface area (TPSA) is 40.9 Å². The van der Waals surface area contributed by atoms with Gasteiger partial charge in [-0.2, -0.15) is 0 Å². The van der Waals surface area contributed by atoms with Crippen molar-refractivity contribution >= 4 is 12.0 Å². The van der Waals surface area contributed by atoms with Crippen LogP contribution >= 0.6 is 0 Å². The second kappa shape index (κ2) is 5.80. The highest BCUT2D eigenvalue weighted by Crippen LogP contribution is 2.22. The Balaban J connectivity index is 3.04. The number of hydrogen-bond acceptors (Lipinski definition) is 2. The lowest BCUT2D eigenvalue weighted by atomic mass is 9.86. The lowest BCUT2D eigenvalue weighted by molar-refractivity contribution is -0.117. The van der Waals surface area contributed by atoms with Crippen molar-refractivity contribution in [3.63, 3.8) is 0 Å². The molecule has 0 spiro atoms. The van der Waals surface area contributed by atoms with Crippen LogP contribution < -0.4 is 0 Å². The molecule has 0 heterocycles. The molecule has 1 aromatic carbocycles. The largest absolute Gasteiger partial charge is 0.305 e. The van der Waals surface area contributed by atoms with Crippen LogP contribution in [0.5, 0.6) is 0 Å². The van der Waals surface area contributed by atoms with Gasteiger partial charge >= 0.3 is 0 Å². The lowest BCUT2D eigenvalue weighted by Gasteiger charge is -2.18. The third kappa shape index (κ3) is 3.18. The summed E-state index contributed by atoms with van der Waals surface area (Å²) < 4.78 is 39.2. The summed E-state index contributed by atoms with van der Waals surface area (Å²) in [6, 6.07) is 1.23. The van der Waals surface area contributed by atoms with E-state index in [4.69, 9.17) is 5.41 Å². The number of benzene rings is 1. The number of carbonyl (C=O) groups excluding carboxylic acids is 1. The molecule has 1 atom stereocenters. The average Bonchev–Trinajstić information content (AvgIpc) is 2.30. The van der Waals surface area contributed by atoms with Crippen LogP contribution in [-0.2, 0) is 11.2 Å². The third-order valence-electron chi connectivity index (χ3n) is 2.84. The van der Waals surface area contributed by atoms with E-state index in [1.165, 1.54) is 0 Å². The van der Waals surface area contributed by atoms with Gasteiger partial charge in [-0.15, -0.1) is 0 Å². The van der Waals surface area contributed by atoms with Gasteiger partial charge in [0.25, 0.3) is 0 Å². The van der Waals surface area contributed by atoms with Gasteiger partial charge in [0.05, 0.1) is 6.21 Å². The maximum atomic E-state index is 13.4. The van der Waals surface area contributed by atoms with Crippen LogP contribution in [0, 0.1) is 34.7 Å². The molecule has 0 aliphatic carbocycles. The van der Waals surface area contributed by atoms with Crippen LogP contribution in [-0.4, -0.2) is 12.0 Å². The van der Waals surface area contributed by atoms with Crippen LogP contribution in [0.25, 0.3) is 0 Å². The van der Waals surface area contributed by atoms with Crippen molar-refractivity contribution < 1.29 is 18.0 Å². The van der Waals surface area contributed by atoms with Crippen molar-refractivity contribution in [3.8, 4) is 0 Å². The van der Waals surface area contributed by atoms with E-state index in [1.54, 1.807) is 13.8 Å². The van der Waals surface area contributed by atoms with E-state index in [0.717, 1.165) is 6.07 Å². The first kappa shape index (κ1) is 14.4. The number of halogens is 3. The summed E-state index contributed by atoms with van der Waals surface area (Å²) in [7, 11) is 0. The van der Waals surface area contributed by atoms with E-state index in [2.05, 4.69) is 0 Å². The molecule has 0 bridgehead atoms. The second-order valence-electron chi connectivity index (χ2n) is 4.46. The molecule has 0 radical (unpaired) electrons. The Bertz CT molecular complexity index is 472. The molecule has 1 N–H and O–H groups in total. The Labute approximate surface area is 103 Å². The molecule has 1 unspecified atom stereocenters. The normalized spacial score (nSPS) is 12.6. The van der Waals surface area contributed by atoms with Crippen molar-refractivity contribution in [2.45, 2.75) is 20.3 Å². The molecule has 18 heavy (non-hydrogen) atoms. The van der Waals surface area contributed by atoms with E-state index >= 15 is 0 Å². The zero-order valence-corrected chi connectivity index (χ0v) is 10.1. The van der Waals surface area contributed by atoms with E-state index in [1.807, 2.05) is 0 Å². The molecule has 2 nitrogen and oxygen atoms in total. The third-order valence-corrected chi connectivity index (χ3v) is 2.84. The summed E-state index contributed by atoms with van der Waals surface area (Å²) in [6.45, 7) is 3.51. The number of Topliss-reactive ketones (excluding diaryl/α,β-unsaturated/α-hetero) is 1. The zero-order chi connectivity index (χ0) is 13.9. The Morgan fingerprint density at radius 2 is 1.78 bits per heavy atom. The second-order valence-corrected chi connectivity index (χ2v) is 4.46. The van der Waals surface area contributed by atoms with E-state index in [9.17, 15) is 18.0 Å². The van der Waals surface area contributed by atoms with Crippen LogP contribution in [0.1, 0.15) is 19.4 Å².